The van der Waals surface area contributed by atoms with Crippen molar-refractivity contribution < 1.29 is 4.79 Å². The van der Waals surface area contributed by atoms with Crippen LogP contribution in [0.25, 0.3) is 16.9 Å². The first-order chi connectivity index (χ1) is 10.5. The minimum absolute atomic E-state index is 0.0442. The molecule has 0 unspecified atom stereocenters. The fraction of sp³-hybridized carbons (Fsp3) is 0.267. The molecule has 0 aliphatic rings. The summed E-state index contributed by atoms with van der Waals surface area (Å²) >= 11 is 0. The summed E-state index contributed by atoms with van der Waals surface area (Å²) in [7, 11) is 0. The Balaban J connectivity index is 2.44. The third kappa shape index (κ3) is 2.11. The highest BCUT2D eigenvalue weighted by Gasteiger charge is 2.21. The van der Waals surface area contributed by atoms with Gasteiger partial charge in [-0.15, -0.1) is 0 Å². The molecule has 0 spiro atoms. The van der Waals surface area contributed by atoms with Gasteiger partial charge in [0.2, 0.25) is 0 Å². The van der Waals surface area contributed by atoms with Crippen molar-refractivity contribution >= 4 is 11.3 Å². The zero-order valence-electron chi connectivity index (χ0n) is 12.5. The molecule has 112 valence electrons. The molecule has 0 saturated carbocycles. The van der Waals surface area contributed by atoms with Gasteiger partial charge in [-0.1, -0.05) is 6.07 Å². The second-order valence-electron chi connectivity index (χ2n) is 5.25. The number of pyridine rings is 1. The van der Waals surface area contributed by atoms with E-state index in [4.69, 9.17) is 0 Å². The number of hydrogen-bond donors (Lipinski definition) is 0. The highest BCUT2D eigenvalue weighted by Crippen LogP contribution is 2.20. The first kappa shape index (κ1) is 14.1. The van der Waals surface area contributed by atoms with Gasteiger partial charge in [-0.25, -0.2) is 9.50 Å². The number of carbonyl (C=O) groups is 1. The fourth-order valence-electron chi connectivity index (χ4n) is 2.28. The molecule has 3 heterocycles. The molecular formula is C15H15N5O2. The lowest BCUT2D eigenvalue weighted by atomic mass is 10.2. The molecule has 7 heteroatoms. The lowest BCUT2D eigenvalue weighted by Gasteiger charge is -2.09. The average molecular weight is 297 g/mol. The summed E-state index contributed by atoms with van der Waals surface area (Å²) in [6.07, 6.45) is 3.04. The Bertz CT molecular complexity index is 909. The van der Waals surface area contributed by atoms with Crippen LogP contribution < -0.4 is 5.56 Å². The summed E-state index contributed by atoms with van der Waals surface area (Å²) < 4.78 is 2.81. The van der Waals surface area contributed by atoms with Crippen LogP contribution in [0.15, 0.2) is 35.5 Å². The zero-order valence-corrected chi connectivity index (χ0v) is 12.5. The van der Waals surface area contributed by atoms with E-state index in [-0.39, 0.29) is 28.7 Å². The van der Waals surface area contributed by atoms with E-state index in [1.54, 1.807) is 24.4 Å². The number of hydrogen-bond acceptors (Lipinski definition) is 5. The summed E-state index contributed by atoms with van der Waals surface area (Å²) in [5, 5.41) is 4.20. The molecule has 0 aromatic carbocycles. The molecule has 0 aliphatic heterocycles. The molecule has 7 nitrogen and oxygen atoms in total. The van der Waals surface area contributed by atoms with Gasteiger partial charge in [-0.3, -0.25) is 19.1 Å². The van der Waals surface area contributed by atoms with Crippen molar-refractivity contribution in [3.63, 3.8) is 0 Å². The number of imidazole rings is 1. The number of ketones is 1. The van der Waals surface area contributed by atoms with Gasteiger partial charge in [0.1, 0.15) is 12.0 Å². The maximum atomic E-state index is 12.7. The molecule has 0 radical (unpaired) electrons. The summed E-state index contributed by atoms with van der Waals surface area (Å²) in [5.74, 6) is -0.130. The molecule has 3 aromatic heterocycles. The number of nitrogens with zero attached hydrogens (tertiary/aromatic N) is 5. The number of fused-ring (bicyclic) bond motifs is 1. The topological polar surface area (TPSA) is 82.1 Å². The van der Waals surface area contributed by atoms with E-state index >= 15 is 0 Å². The normalized spacial score (nSPS) is 11.3. The van der Waals surface area contributed by atoms with Crippen molar-refractivity contribution in [3.05, 3.63) is 46.9 Å². The van der Waals surface area contributed by atoms with Crippen LogP contribution >= 0.6 is 0 Å². The van der Waals surface area contributed by atoms with E-state index in [1.807, 2.05) is 13.8 Å². The summed E-state index contributed by atoms with van der Waals surface area (Å²) in [4.78, 5) is 33.0. The predicted molar refractivity (Wildman–Crippen MR) is 80.9 cm³/mol. The lowest BCUT2D eigenvalue weighted by Crippen LogP contribution is -2.25. The Morgan fingerprint density at radius 2 is 2.05 bits per heavy atom. The molecule has 22 heavy (non-hydrogen) atoms. The van der Waals surface area contributed by atoms with Crippen molar-refractivity contribution in [1.82, 2.24) is 24.1 Å². The van der Waals surface area contributed by atoms with Gasteiger partial charge in [0.05, 0.1) is 5.69 Å². The number of rotatable bonds is 3. The van der Waals surface area contributed by atoms with Gasteiger partial charge in [0, 0.05) is 19.2 Å². The Morgan fingerprint density at radius 3 is 2.64 bits per heavy atom. The zero-order chi connectivity index (χ0) is 15.9. The van der Waals surface area contributed by atoms with Gasteiger partial charge < -0.3 is 0 Å². The standard InChI is InChI=1S/C15H15N5O2/c1-9(2)19-8-17-20-13(15(19)22)12(18-14(20)10(3)21)11-6-4-5-7-16-11/h4-9H,1-3H3. The van der Waals surface area contributed by atoms with Gasteiger partial charge in [0.15, 0.2) is 17.1 Å². The highest BCUT2D eigenvalue weighted by atomic mass is 16.1. The second kappa shape index (κ2) is 5.18. The van der Waals surface area contributed by atoms with Crippen LogP contribution in [0.2, 0.25) is 0 Å². The smallest absolute Gasteiger partial charge is 0.280 e. The van der Waals surface area contributed by atoms with E-state index < -0.39 is 0 Å². The summed E-state index contributed by atoms with van der Waals surface area (Å²) in [5.41, 5.74) is 0.928. The van der Waals surface area contributed by atoms with Crippen LogP contribution in [-0.4, -0.2) is 29.9 Å². The van der Waals surface area contributed by atoms with Crippen molar-refractivity contribution in [2.75, 3.05) is 0 Å². The minimum Gasteiger partial charge on any atom is -0.293 e. The molecule has 0 bridgehead atoms. The Labute approximate surface area is 126 Å². The maximum Gasteiger partial charge on any atom is 0.280 e. The van der Waals surface area contributed by atoms with E-state index in [0.29, 0.717) is 11.4 Å². The second-order valence-corrected chi connectivity index (χ2v) is 5.25. The largest absolute Gasteiger partial charge is 0.293 e. The molecular weight excluding hydrogens is 282 g/mol. The SMILES string of the molecule is CC(=O)c1nc(-c2ccccn2)c2c(=O)n(C(C)C)cnn12. The Hall–Kier alpha value is -2.83. The summed E-state index contributed by atoms with van der Waals surface area (Å²) in [6.45, 7) is 5.18. The van der Waals surface area contributed by atoms with Crippen molar-refractivity contribution in [3.8, 4) is 11.4 Å². The van der Waals surface area contributed by atoms with E-state index in [1.165, 1.54) is 22.3 Å². The van der Waals surface area contributed by atoms with Crippen LogP contribution in [0.1, 0.15) is 37.4 Å². The molecule has 0 N–H and O–H groups in total. The van der Waals surface area contributed by atoms with Crippen molar-refractivity contribution in [2.45, 2.75) is 26.8 Å². The highest BCUT2D eigenvalue weighted by molar-refractivity contribution is 5.93. The monoisotopic (exact) mass is 297 g/mol. The first-order valence-electron chi connectivity index (χ1n) is 6.93. The minimum atomic E-state index is -0.258. The Morgan fingerprint density at radius 1 is 1.27 bits per heavy atom. The first-order valence-corrected chi connectivity index (χ1v) is 6.93. The average Bonchev–Trinajstić information content (AvgIpc) is 2.89. The van der Waals surface area contributed by atoms with Crippen molar-refractivity contribution in [1.29, 1.82) is 0 Å². The molecule has 0 amide bonds. The predicted octanol–water partition coefficient (Wildman–Crippen LogP) is 1.74. The van der Waals surface area contributed by atoms with Crippen LogP contribution in [0.3, 0.4) is 0 Å². The molecule has 0 saturated heterocycles. The number of carbonyl (C=O) groups excluding carboxylic acids is 1. The molecule has 3 aromatic rings. The third-order valence-electron chi connectivity index (χ3n) is 3.36. The van der Waals surface area contributed by atoms with E-state index in [9.17, 15) is 9.59 Å². The van der Waals surface area contributed by atoms with E-state index in [0.717, 1.165) is 0 Å². The van der Waals surface area contributed by atoms with Crippen LogP contribution in [0.4, 0.5) is 0 Å². The van der Waals surface area contributed by atoms with Crippen molar-refractivity contribution in [2.24, 2.45) is 0 Å². The van der Waals surface area contributed by atoms with Gasteiger partial charge >= 0.3 is 0 Å². The maximum absolute atomic E-state index is 12.7. The lowest BCUT2D eigenvalue weighted by molar-refractivity contribution is 0.100. The fourth-order valence-corrected chi connectivity index (χ4v) is 2.28. The Kier molecular flexibility index (Phi) is 3.32. The van der Waals surface area contributed by atoms with Crippen LogP contribution in [0.5, 0.6) is 0 Å². The number of Topliss-reactive ketones (excluding diaryl/α,β-unsaturated/α-hetero) is 1. The van der Waals surface area contributed by atoms with Gasteiger partial charge in [-0.2, -0.15) is 5.10 Å². The third-order valence-corrected chi connectivity index (χ3v) is 3.36. The molecule has 0 fully saturated rings. The van der Waals surface area contributed by atoms with Crippen LogP contribution in [0, 0.1) is 0 Å². The summed E-state index contributed by atoms with van der Waals surface area (Å²) in [6, 6.07) is 5.28. The molecule has 3 rings (SSSR count). The molecule has 0 atom stereocenters. The number of aromatic nitrogens is 5. The van der Waals surface area contributed by atoms with Gasteiger partial charge in [-0.05, 0) is 26.0 Å². The van der Waals surface area contributed by atoms with Crippen LogP contribution in [-0.2, 0) is 0 Å². The quantitative estimate of drug-likeness (QED) is 0.688. The van der Waals surface area contributed by atoms with E-state index in [2.05, 4.69) is 15.1 Å². The van der Waals surface area contributed by atoms with Gasteiger partial charge in [0.25, 0.3) is 5.56 Å². The molecule has 0 aliphatic carbocycles.